The van der Waals surface area contributed by atoms with Gasteiger partial charge < -0.3 is 0 Å². The molecule has 12 heavy (non-hydrogen) atoms. The van der Waals surface area contributed by atoms with Gasteiger partial charge in [0, 0.05) is 0 Å². The Balaban J connectivity index is 3.10. The van der Waals surface area contributed by atoms with Gasteiger partial charge >= 0.3 is 0 Å². The molecule has 0 unspecified atom stereocenters. The molecule has 0 amide bonds. The molecule has 0 aromatic heterocycles. The zero-order chi connectivity index (χ0) is 8.97. The summed E-state index contributed by atoms with van der Waals surface area (Å²) in [5, 5.41) is 8.68. The van der Waals surface area contributed by atoms with E-state index in [1.807, 2.05) is 19.1 Å². The van der Waals surface area contributed by atoms with Gasteiger partial charge in [-0.05, 0) is 13.3 Å². The molecule has 2 nitrogen and oxygen atoms in total. The second kappa shape index (κ2) is 3.55. The van der Waals surface area contributed by atoms with E-state index in [1.165, 1.54) is 5.57 Å². The molecule has 0 saturated carbocycles. The van der Waals surface area contributed by atoms with Crippen molar-refractivity contribution in [1.82, 2.24) is 0 Å². The smallest absolute Gasteiger partial charge is 0.204 e. The molecule has 1 aliphatic carbocycles. The van der Waals surface area contributed by atoms with E-state index in [2.05, 4.69) is 4.85 Å². The Kier molecular flexibility index (Phi) is 2.46. The maximum Gasteiger partial charge on any atom is 0.204 e. The Morgan fingerprint density at radius 1 is 1.58 bits per heavy atom. The van der Waals surface area contributed by atoms with E-state index in [1.54, 1.807) is 12.2 Å². The predicted molar refractivity (Wildman–Crippen MR) is 46.8 cm³/mol. The van der Waals surface area contributed by atoms with Crippen molar-refractivity contribution in [3.8, 4) is 6.07 Å². The minimum Gasteiger partial charge on any atom is -0.237 e. The summed E-state index contributed by atoms with van der Waals surface area (Å²) < 4.78 is 0. The Hall–Kier alpha value is -1.80. The highest BCUT2D eigenvalue weighted by Gasteiger charge is 2.05. The number of nitriles is 1. The molecule has 0 aromatic carbocycles. The van der Waals surface area contributed by atoms with E-state index >= 15 is 0 Å². The summed E-state index contributed by atoms with van der Waals surface area (Å²) in [4.78, 5) is 3.27. The molecular weight excluding hydrogens is 148 g/mol. The summed E-state index contributed by atoms with van der Waals surface area (Å²) >= 11 is 0. The fraction of sp³-hybridized carbons (Fsp3) is 0.200. The molecule has 0 radical (unpaired) electrons. The molecule has 0 N–H and O–H groups in total. The minimum absolute atomic E-state index is 0.439. The second-order valence-electron chi connectivity index (χ2n) is 2.61. The highest BCUT2D eigenvalue weighted by atomic mass is 14.7. The van der Waals surface area contributed by atoms with Crippen LogP contribution in [-0.4, -0.2) is 0 Å². The third kappa shape index (κ3) is 1.62. The standard InChI is InChI=1S/C10H8N2/c1-8-3-5-9(7-11)10(12-2)6-4-8/h4-6H,3H2,1H3. The largest absolute Gasteiger partial charge is 0.237 e. The van der Waals surface area contributed by atoms with E-state index in [0.29, 0.717) is 11.3 Å². The van der Waals surface area contributed by atoms with Crippen LogP contribution in [0.5, 0.6) is 0 Å². The van der Waals surface area contributed by atoms with Crippen molar-refractivity contribution in [2.75, 3.05) is 0 Å². The summed E-state index contributed by atoms with van der Waals surface area (Å²) in [6.07, 6.45) is 6.14. The normalized spacial score (nSPS) is 16.1. The first-order chi connectivity index (χ1) is 5.77. The number of hydrogen-bond donors (Lipinski definition) is 0. The predicted octanol–water partition coefficient (Wildman–Crippen LogP) is 2.59. The van der Waals surface area contributed by atoms with Crippen LogP contribution in [0.3, 0.4) is 0 Å². The topological polar surface area (TPSA) is 28.1 Å². The van der Waals surface area contributed by atoms with E-state index in [0.717, 1.165) is 6.42 Å². The summed E-state index contributed by atoms with van der Waals surface area (Å²) in [5.74, 6) is 0. The summed E-state index contributed by atoms with van der Waals surface area (Å²) in [6.45, 7) is 8.81. The van der Waals surface area contributed by atoms with Gasteiger partial charge in [-0.15, -0.1) is 0 Å². The molecule has 0 heterocycles. The number of allylic oxidation sites excluding steroid dienone is 5. The maximum atomic E-state index is 8.68. The Bertz CT molecular complexity index is 356. The van der Waals surface area contributed by atoms with Gasteiger partial charge in [-0.1, -0.05) is 23.8 Å². The molecule has 58 valence electrons. The van der Waals surface area contributed by atoms with Crippen LogP contribution in [0.4, 0.5) is 0 Å². The first-order valence-corrected chi connectivity index (χ1v) is 3.63. The van der Waals surface area contributed by atoms with E-state index in [-0.39, 0.29) is 0 Å². The highest BCUT2D eigenvalue weighted by molar-refractivity contribution is 5.49. The van der Waals surface area contributed by atoms with E-state index in [4.69, 9.17) is 11.8 Å². The molecule has 2 heteroatoms. The highest BCUT2D eigenvalue weighted by Crippen LogP contribution is 2.18. The fourth-order valence-corrected chi connectivity index (χ4v) is 0.947. The molecule has 1 aliphatic rings. The monoisotopic (exact) mass is 156 g/mol. The van der Waals surface area contributed by atoms with Crippen LogP contribution in [0, 0.1) is 17.9 Å². The molecule has 0 atom stereocenters. The molecule has 0 bridgehead atoms. The number of nitrogens with zero attached hydrogens (tertiary/aromatic N) is 2. The van der Waals surface area contributed by atoms with Crippen molar-refractivity contribution in [2.24, 2.45) is 0 Å². The van der Waals surface area contributed by atoms with Crippen LogP contribution in [0.1, 0.15) is 13.3 Å². The van der Waals surface area contributed by atoms with Crippen molar-refractivity contribution in [1.29, 1.82) is 5.26 Å². The lowest BCUT2D eigenvalue weighted by Gasteiger charge is -1.90. The van der Waals surface area contributed by atoms with Crippen LogP contribution in [0.2, 0.25) is 0 Å². The fourth-order valence-electron chi connectivity index (χ4n) is 0.947. The summed E-state index contributed by atoms with van der Waals surface area (Å²) in [7, 11) is 0. The van der Waals surface area contributed by atoms with E-state index in [9.17, 15) is 0 Å². The van der Waals surface area contributed by atoms with Gasteiger partial charge in [0.25, 0.3) is 0 Å². The van der Waals surface area contributed by atoms with Crippen molar-refractivity contribution >= 4 is 0 Å². The third-order valence-electron chi connectivity index (χ3n) is 1.67. The minimum atomic E-state index is 0.439. The van der Waals surface area contributed by atoms with Crippen LogP contribution < -0.4 is 0 Å². The number of rotatable bonds is 0. The van der Waals surface area contributed by atoms with Gasteiger partial charge in [0.05, 0.1) is 18.2 Å². The quantitative estimate of drug-likeness (QED) is 0.495. The lowest BCUT2D eigenvalue weighted by atomic mass is 10.2. The molecule has 0 aliphatic heterocycles. The molecule has 0 aromatic rings. The zero-order valence-electron chi connectivity index (χ0n) is 6.83. The lowest BCUT2D eigenvalue weighted by molar-refractivity contribution is 1.21. The second-order valence-corrected chi connectivity index (χ2v) is 2.61. The lowest BCUT2D eigenvalue weighted by Crippen LogP contribution is -1.78. The number of hydrogen-bond acceptors (Lipinski definition) is 1. The average Bonchev–Trinajstić information content (AvgIpc) is 2.27. The first kappa shape index (κ1) is 8.30. The van der Waals surface area contributed by atoms with Crippen molar-refractivity contribution in [2.45, 2.75) is 13.3 Å². The van der Waals surface area contributed by atoms with Crippen LogP contribution >= 0.6 is 0 Å². The average molecular weight is 156 g/mol. The summed E-state index contributed by atoms with van der Waals surface area (Å²) in [5.41, 5.74) is 2.09. The van der Waals surface area contributed by atoms with Crippen molar-refractivity contribution < 1.29 is 0 Å². The van der Waals surface area contributed by atoms with Gasteiger partial charge in [-0.3, -0.25) is 0 Å². The summed E-state index contributed by atoms with van der Waals surface area (Å²) in [6, 6.07) is 2.01. The maximum absolute atomic E-state index is 8.68. The Morgan fingerprint density at radius 2 is 2.33 bits per heavy atom. The van der Waals surface area contributed by atoms with Crippen LogP contribution in [-0.2, 0) is 0 Å². The zero-order valence-corrected chi connectivity index (χ0v) is 6.83. The van der Waals surface area contributed by atoms with Crippen LogP contribution in [0.25, 0.3) is 4.85 Å². The van der Waals surface area contributed by atoms with Gasteiger partial charge in [0.2, 0.25) is 5.70 Å². The Morgan fingerprint density at radius 3 is 2.92 bits per heavy atom. The van der Waals surface area contributed by atoms with Gasteiger partial charge in [-0.25, -0.2) is 4.85 Å². The van der Waals surface area contributed by atoms with Gasteiger partial charge in [-0.2, -0.15) is 5.26 Å². The van der Waals surface area contributed by atoms with Crippen LogP contribution in [0.15, 0.2) is 35.1 Å². The van der Waals surface area contributed by atoms with Crippen molar-refractivity contribution in [3.63, 3.8) is 0 Å². The van der Waals surface area contributed by atoms with Gasteiger partial charge in [0.1, 0.15) is 0 Å². The van der Waals surface area contributed by atoms with E-state index < -0.39 is 0 Å². The van der Waals surface area contributed by atoms with Crippen molar-refractivity contribution in [3.05, 3.63) is 46.5 Å². The molecule has 1 rings (SSSR count). The van der Waals surface area contributed by atoms with Gasteiger partial charge in [0.15, 0.2) is 0 Å². The SMILES string of the molecule is [C-]#[N+]C1=CC=C(C)CC=C1C#N. The Labute approximate surface area is 71.9 Å². The molecule has 0 saturated heterocycles. The third-order valence-corrected chi connectivity index (χ3v) is 1.67. The first-order valence-electron chi connectivity index (χ1n) is 3.63. The molecular formula is C10H8N2. The molecule has 0 fully saturated rings. The molecule has 0 spiro atoms.